The molecule has 152 valence electrons. The van der Waals surface area contributed by atoms with Crippen molar-refractivity contribution < 1.29 is 23.8 Å². The van der Waals surface area contributed by atoms with Gasteiger partial charge in [0.2, 0.25) is 0 Å². The number of carbonyl (C=O) groups excluding carboxylic acids is 1. The van der Waals surface area contributed by atoms with Crippen molar-refractivity contribution >= 4 is 46.3 Å². The lowest BCUT2D eigenvalue weighted by Gasteiger charge is -2.24. The van der Waals surface area contributed by atoms with Crippen LogP contribution in [0.1, 0.15) is 26.0 Å². The summed E-state index contributed by atoms with van der Waals surface area (Å²) >= 11 is 6.37. The molecule has 1 unspecified atom stereocenters. The summed E-state index contributed by atoms with van der Waals surface area (Å²) in [5.74, 6) is 0.539. The molecule has 1 aromatic heterocycles. The van der Waals surface area contributed by atoms with Gasteiger partial charge in [0, 0.05) is 11.6 Å². The van der Waals surface area contributed by atoms with Crippen molar-refractivity contribution in [2.75, 3.05) is 7.11 Å². The molecule has 0 radical (unpaired) electrons. The summed E-state index contributed by atoms with van der Waals surface area (Å²) in [6.45, 7) is 3.82. The predicted molar refractivity (Wildman–Crippen MR) is 117 cm³/mol. The number of carboxylic acid groups (broad SMARTS) is 1. The van der Waals surface area contributed by atoms with Crippen LogP contribution < -0.4 is 4.74 Å². The van der Waals surface area contributed by atoms with E-state index in [-0.39, 0.29) is 10.2 Å². The Morgan fingerprint density at radius 1 is 1.28 bits per heavy atom. The molecule has 3 rings (SSSR count). The number of methoxy groups -OCH3 is 1. The second kappa shape index (κ2) is 8.84. The number of nitrogens with zero attached hydrogens (tertiary/aromatic N) is 1. The summed E-state index contributed by atoms with van der Waals surface area (Å²) in [7, 11) is 1.60. The molecule has 1 saturated heterocycles. The van der Waals surface area contributed by atoms with Gasteiger partial charge >= 0.3 is 5.97 Å². The van der Waals surface area contributed by atoms with Gasteiger partial charge in [0.25, 0.3) is 5.91 Å². The minimum absolute atomic E-state index is 0.113. The van der Waals surface area contributed by atoms with E-state index < -0.39 is 17.9 Å². The highest BCUT2D eigenvalue weighted by Gasteiger charge is 2.40. The SMILES string of the molecule is COc1ccc(-c2ccc(C=C3SC(=S)N(C(CC(C)C)C(=O)O)C3=O)o2)cc1. The largest absolute Gasteiger partial charge is 0.497 e. The maximum Gasteiger partial charge on any atom is 0.326 e. The van der Waals surface area contributed by atoms with Crippen LogP contribution in [0.2, 0.25) is 0 Å². The molecule has 0 aliphatic carbocycles. The van der Waals surface area contributed by atoms with Crippen molar-refractivity contribution in [3.05, 3.63) is 47.1 Å². The van der Waals surface area contributed by atoms with Crippen molar-refractivity contribution in [3.8, 4) is 17.1 Å². The number of carbonyl (C=O) groups is 2. The first-order chi connectivity index (χ1) is 13.8. The number of ether oxygens (including phenoxy) is 1. The van der Waals surface area contributed by atoms with Crippen LogP contribution in [0.15, 0.2) is 45.7 Å². The molecular weight excluding hydrogens is 410 g/mol. The molecule has 1 N–H and O–H groups in total. The number of rotatable bonds is 7. The Bertz CT molecular complexity index is 962. The van der Waals surface area contributed by atoms with Crippen molar-refractivity contribution in [3.63, 3.8) is 0 Å². The molecule has 1 aromatic carbocycles. The summed E-state index contributed by atoms with van der Waals surface area (Å²) in [4.78, 5) is 26.0. The Morgan fingerprint density at radius 2 is 1.97 bits per heavy atom. The first-order valence-corrected chi connectivity index (χ1v) is 10.3. The Hall–Kier alpha value is -2.58. The highest BCUT2D eigenvalue weighted by atomic mass is 32.2. The molecule has 0 spiro atoms. The standard InChI is InChI=1S/C21H21NO5S2/c1-12(2)10-16(20(24)25)22-19(23)18(29-21(22)28)11-15-8-9-17(27-15)13-4-6-14(26-3)7-5-13/h4-9,11-12,16H,10H2,1-3H3,(H,24,25). The van der Waals surface area contributed by atoms with Crippen molar-refractivity contribution in [2.24, 2.45) is 5.92 Å². The number of hydrogen-bond donors (Lipinski definition) is 1. The zero-order valence-electron chi connectivity index (χ0n) is 16.2. The molecule has 8 heteroatoms. The fourth-order valence-electron chi connectivity index (χ4n) is 2.98. The number of furan rings is 1. The van der Waals surface area contributed by atoms with Crippen LogP contribution in [0.25, 0.3) is 17.4 Å². The minimum Gasteiger partial charge on any atom is -0.497 e. The summed E-state index contributed by atoms with van der Waals surface area (Å²) in [5, 5.41) is 9.55. The van der Waals surface area contributed by atoms with E-state index in [1.165, 1.54) is 4.90 Å². The molecule has 6 nitrogen and oxygen atoms in total. The van der Waals surface area contributed by atoms with Crippen LogP contribution in [-0.2, 0) is 9.59 Å². The number of thioether (sulfide) groups is 1. The fourth-order valence-corrected chi connectivity index (χ4v) is 4.32. The van der Waals surface area contributed by atoms with E-state index in [2.05, 4.69) is 0 Å². The third kappa shape index (κ3) is 4.71. The van der Waals surface area contributed by atoms with Crippen molar-refractivity contribution in [2.45, 2.75) is 26.3 Å². The molecule has 29 heavy (non-hydrogen) atoms. The van der Waals surface area contributed by atoms with Gasteiger partial charge in [-0.25, -0.2) is 4.79 Å². The van der Waals surface area contributed by atoms with Gasteiger partial charge in [-0.3, -0.25) is 9.69 Å². The highest BCUT2D eigenvalue weighted by molar-refractivity contribution is 8.26. The first kappa shape index (κ1) is 21.1. The van der Waals surface area contributed by atoms with E-state index in [0.717, 1.165) is 23.1 Å². The molecule has 1 amide bonds. The number of carboxylic acids is 1. The molecule has 1 fully saturated rings. The second-order valence-corrected chi connectivity index (χ2v) is 8.64. The van der Waals surface area contributed by atoms with Crippen LogP contribution in [-0.4, -0.2) is 39.4 Å². The molecule has 2 heterocycles. The normalized spacial score (nSPS) is 16.7. The summed E-state index contributed by atoms with van der Waals surface area (Å²) in [6.07, 6.45) is 1.93. The quantitative estimate of drug-likeness (QED) is 0.505. The highest BCUT2D eigenvalue weighted by Crippen LogP contribution is 2.36. The summed E-state index contributed by atoms with van der Waals surface area (Å²) < 4.78 is 11.2. The van der Waals surface area contributed by atoms with Gasteiger partial charge in [-0.05, 0) is 48.7 Å². The van der Waals surface area contributed by atoms with Crippen LogP contribution in [0, 0.1) is 5.92 Å². The van der Waals surface area contributed by atoms with Crippen molar-refractivity contribution in [1.29, 1.82) is 0 Å². The lowest BCUT2D eigenvalue weighted by molar-refractivity contribution is -0.145. The van der Waals surface area contributed by atoms with Gasteiger partial charge in [0.1, 0.15) is 27.6 Å². The third-order valence-electron chi connectivity index (χ3n) is 4.39. The number of amides is 1. The smallest absolute Gasteiger partial charge is 0.326 e. The molecular formula is C21H21NO5S2. The molecule has 1 aliphatic heterocycles. The minimum atomic E-state index is -1.06. The van der Waals surface area contributed by atoms with E-state index in [1.807, 2.05) is 44.2 Å². The number of aliphatic carboxylic acids is 1. The van der Waals surface area contributed by atoms with Crippen LogP contribution in [0.5, 0.6) is 5.75 Å². The van der Waals surface area contributed by atoms with Crippen LogP contribution in [0.4, 0.5) is 0 Å². The molecule has 2 aromatic rings. The van der Waals surface area contributed by atoms with Crippen molar-refractivity contribution in [1.82, 2.24) is 4.90 Å². The van der Waals surface area contributed by atoms with E-state index in [4.69, 9.17) is 21.4 Å². The van der Waals surface area contributed by atoms with Gasteiger partial charge < -0.3 is 14.3 Å². The maximum atomic E-state index is 12.8. The average Bonchev–Trinajstić information content (AvgIpc) is 3.25. The lowest BCUT2D eigenvalue weighted by atomic mass is 10.0. The Balaban J connectivity index is 1.82. The predicted octanol–water partition coefficient (Wildman–Crippen LogP) is 4.66. The van der Waals surface area contributed by atoms with E-state index in [0.29, 0.717) is 22.8 Å². The fraction of sp³-hybridized carbons (Fsp3) is 0.286. The number of hydrogen-bond acceptors (Lipinski definition) is 6. The molecule has 0 bridgehead atoms. The third-order valence-corrected chi connectivity index (χ3v) is 5.72. The second-order valence-electron chi connectivity index (χ2n) is 6.97. The Labute approximate surface area is 178 Å². The first-order valence-electron chi connectivity index (χ1n) is 9.04. The topological polar surface area (TPSA) is 80.0 Å². The number of thiocarbonyl (C=S) groups is 1. The van der Waals surface area contributed by atoms with Gasteiger partial charge in [-0.1, -0.05) is 37.8 Å². The zero-order chi connectivity index (χ0) is 21.1. The lowest BCUT2D eigenvalue weighted by Crippen LogP contribution is -2.44. The molecule has 1 atom stereocenters. The Kier molecular flexibility index (Phi) is 6.44. The van der Waals surface area contributed by atoms with Crippen LogP contribution >= 0.6 is 24.0 Å². The molecule has 0 saturated carbocycles. The van der Waals surface area contributed by atoms with Gasteiger partial charge in [-0.2, -0.15) is 0 Å². The monoisotopic (exact) mass is 431 g/mol. The van der Waals surface area contributed by atoms with Gasteiger partial charge in [0.15, 0.2) is 0 Å². The summed E-state index contributed by atoms with van der Waals surface area (Å²) in [5.41, 5.74) is 0.876. The number of benzene rings is 1. The summed E-state index contributed by atoms with van der Waals surface area (Å²) in [6, 6.07) is 10.0. The Morgan fingerprint density at radius 3 is 2.55 bits per heavy atom. The average molecular weight is 432 g/mol. The van der Waals surface area contributed by atoms with E-state index >= 15 is 0 Å². The van der Waals surface area contributed by atoms with E-state index in [1.54, 1.807) is 19.3 Å². The zero-order valence-corrected chi connectivity index (χ0v) is 17.9. The van der Waals surface area contributed by atoms with E-state index in [9.17, 15) is 14.7 Å². The van der Waals surface area contributed by atoms with Gasteiger partial charge in [-0.15, -0.1) is 0 Å². The molecule has 1 aliphatic rings. The van der Waals surface area contributed by atoms with Gasteiger partial charge in [0.05, 0.1) is 12.0 Å². The van der Waals surface area contributed by atoms with Crippen LogP contribution in [0.3, 0.4) is 0 Å². The maximum absolute atomic E-state index is 12.8.